The van der Waals surface area contributed by atoms with Crippen molar-refractivity contribution in [3.8, 4) is 5.75 Å². The molecule has 0 atom stereocenters. The molecule has 0 spiro atoms. The van der Waals surface area contributed by atoms with Gasteiger partial charge in [-0.1, -0.05) is 24.3 Å². The molecule has 0 unspecified atom stereocenters. The Morgan fingerprint density at radius 3 is 2.21 bits per heavy atom. The molecule has 0 aromatic heterocycles. The third kappa shape index (κ3) is 7.17. The zero-order chi connectivity index (χ0) is 27.6. The molecule has 0 fully saturated rings. The number of anilines is 3. The predicted octanol–water partition coefficient (Wildman–Crippen LogP) is 4.56. The number of para-hydroxylation sites is 1. The molecule has 0 aliphatic carbocycles. The molecule has 13 heteroatoms. The Morgan fingerprint density at radius 1 is 0.895 bits per heavy atom. The van der Waals surface area contributed by atoms with Crippen LogP contribution in [0.5, 0.6) is 5.75 Å². The van der Waals surface area contributed by atoms with Crippen LogP contribution in [-0.2, 0) is 32.9 Å². The van der Waals surface area contributed by atoms with Crippen LogP contribution in [0.15, 0.2) is 71.6 Å². The molecule has 1 aliphatic heterocycles. The third-order valence-electron chi connectivity index (χ3n) is 5.84. The number of halogens is 3. The average Bonchev–Trinajstić information content (AvgIpc) is 2.97. The molecule has 4 rings (SSSR count). The minimum Gasteiger partial charge on any atom is -0.406 e. The van der Waals surface area contributed by atoms with Gasteiger partial charge in [0.15, 0.2) is 0 Å². The lowest BCUT2D eigenvalue weighted by Gasteiger charge is -2.27. The fourth-order valence-electron chi connectivity index (χ4n) is 4.28. The van der Waals surface area contributed by atoms with Gasteiger partial charge in [-0.25, -0.2) is 21.6 Å². The lowest BCUT2D eigenvalue weighted by atomic mass is 10.0. The van der Waals surface area contributed by atoms with Gasteiger partial charge < -0.3 is 9.64 Å². The van der Waals surface area contributed by atoms with Crippen LogP contribution in [0.4, 0.5) is 30.2 Å². The number of ether oxygens (including phenoxy) is 1. The molecule has 0 amide bonds. The molecule has 0 bridgehead atoms. The summed E-state index contributed by atoms with van der Waals surface area (Å²) in [5, 5.41) is 0. The zero-order valence-corrected chi connectivity index (χ0v) is 22.0. The van der Waals surface area contributed by atoms with Gasteiger partial charge in [-0.15, -0.1) is 13.2 Å². The van der Waals surface area contributed by atoms with E-state index in [1.807, 2.05) is 35.2 Å². The molecule has 1 aliphatic rings. The first-order chi connectivity index (χ1) is 17.8. The summed E-state index contributed by atoms with van der Waals surface area (Å²) in [5.74, 6) is -0.514. The van der Waals surface area contributed by atoms with Crippen LogP contribution >= 0.6 is 0 Å². The van der Waals surface area contributed by atoms with Crippen molar-refractivity contribution in [2.75, 3.05) is 29.0 Å². The van der Waals surface area contributed by atoms with Gasteiger partial charge in [-0.05, 0) is 72.9 Å². The van der Waals surface area contributed by atoms with E-state index >= 15 is 0 Å². The van der Waals surface area contributed by atoms with Crippen molar-refractivity contribution in [2.24, 2.45) is 0 Å². The Balaban J connectivity index is 1.49. The molecular formula is C25H26F3N3O5S2. The van der Waals surface area contributed by atoms with E-state index in [9.17, 15) is 30.0 Å². The van der Waals surface area contributed by atoms with Crippen LogP contribution in [0, 0.1) is 0 Å². The van der Waals surface area contributed by atoms with Crippen LogP contribution in [-0.4, -0.2) is 42.5 Å². The normalized spacial score (nSPS) is 13.8. The summed E-state index contributed by atoms with van der Waals surface area (Å²) in [5.41, 5.74) is 4.34. The van der Waals surface area contributed by atoms with Crippen molar-refractivity contribution in [2.45, 2.75) is 30.5 Å². The van der Waals surface area contributed by atoms with Crippen molar-refractivity contribution in [3.63, 3.8) is 0 Å². The van der Waals surface area contributed by atoms with Gasteiger partial charge in [0.2, 0.25) is 20.0 Å². The Bertz CT molecular complexity index is 1510. The SMILES string of the molecule is CS(=O)(=O)Nc1ccc2c(c1)N(CCCNS(=O)(=O)c1ccc(OC(F)(F)F)cc1)c1ccccc1CC2. The van der Waals surface area contributed by atoms with Crippen molar-refractivity contribution in [1.29, 1.82) is 0 Å². The van der Waals surface area contributed by atoms with Crippen molar-refractivity contribution in [3.05, 3.63) is 77.9 Å². The van der Waals surface area contributed by atoms with Crippen LogP contribution in [0.1, 0.15) is 17.5 Å². The number of sulfonamides is 2. The Kier molecular flexibility index (Phi) is 7.90. The third-order valence-corrected chi connectivity index (χ3v) is 7.93. The molecule has 38 heavy (non-hydrogen) atoms. The van der Waals surface area contributed by atoms with Gasteiger partial charge in [0.1, 0.15) is 5.75 Å². The summed E-state index contributed by atoms with van der Waals surface area (Å²) in [6.07, 6.45) is -1.85. The molecule has 0 saturated carbocycles. The number of nitrogens with one attached hydrogen (secondary N) is 2. The Morgan fingerprint density at radius 2 is 1.55 bits per heavy atom. The largest absolute Gasteiger partial charge is 0.573 e. The lowest BCUT2D eigenvalue weighted by Crippen LogP contribution is -2.28. The maximum atomic E-state index is 12.7. The highest BCUT2D eigenvalue weighted by Gasteiger charge is 2.31. The number of benzene rings is 3. The zero-order valence-electron chi connectivity index (χ0n) is 20.3. The topological polar surface area (TPSA) is 105 Å². The van der Waals surface area contributed by atoms with E-state index in [-0.39, 0.29) is 11.4 Å². The molecule has 3 aromatic carbocycles. The standard InChI is InChI=1S/C25H26F3N3O5S2/c1-37(32,33)30-20-10-9-19-8-7-18-5-2-3-6-23(18)31(24(19)17-20)16-4-15-29-38(34,35)22-13-11-21(12-14-22)36-25(26,27)28/h2-3,5-6,9-14,17,29-30H,4,7-8,15-16H2,1H3. The maximum absolute atomic E-state index is 12.7. The predicted molar refractivity (Wildman–Crippen MR) is 139 cm³/mol. The van der Waals surface area contributed by atoms with E-state index in [0.717, 1.165) is 65.9 Å². The van der Waals surface area contributed by atoms with Crippen molar-refractivity contribution < 1.29 is 34.7 Å². The average molecular weight is 570 g/mol. The monoisotopic (exact) mass is 569 g/mol. The molecule has 0 radical (unpaired) electrons. The second-order valence-corrected chi connectivity index (χ2v) is 12.3. The second kappa shape index (κ2) is 10.8. The van der Waals surface area contributed by atoms with Crippen molar-refractivity contribution in [1.82, 2.24) is 4.72 Å². The number of rotatable bonds is 9. The van der Waals surface area contributed by atoms with Gasteiger partial charge in [-0.3, -0.25) is 4.72 Å². The number of aryl methyl sites for hydroxylation is 2. The van der Waals surface area contributed by atoms with E-state index in [2.05, 4.69) is 14.2 Å². The highest BCUT2D eigenvalue weighted by molar-refractivity contribution is 7.92. The second-order valence-electron chi connectivity index (χ2n) is 8.77. The van der Waals surface area contributed by atoms with Crippen LogP contribution in [0.3, 0.4) is 0 Å². The number of nitrogens with zero attached hydrogens (tertiary/aromatic N) is 1. The van der Waals surface area contributed by atoms with Gasteiger partial charge >= 0.3 is 6.36 Å². The molecule has 3 aromatic rings. The Hall–Kier alpha value is -3.29. The number of alkyl halides is 3. The summed E-state index contributed by atoms with van der Waals surface area (Å²) in [4.78, 5) is 1.86. The molecule has 2 N–H and O–H groups in total. The van der Waals surface area contributed by atoms with E-state index in [0.29, 0.717) is 18.7 Å². The minimum atomic E-state index is -4.87. The first-order valence-corrected chi connectivity index (χ1v) is 15.0. The quantitative estimate of drug-likeness (QED) is 0.366. The number of fused-ring (bicyclic) bond motifs is 2. The van der Waals surface area contributed by atoms with Gasteiger partial charge in [0, 0.05) is 24.5 Å². The molecular weight excluding hydrogens is 543 g/mol. The smallest absolute Gasteiger partial charge is 0.406 e. The highest BCUT2D eigenvalue weighted by atomic mass is 32.2. The van der Waals surface area contributed by atoms with E-state index in [1.165, 1.54) is 0 Å². The van der Waals surface area contributed by atoms with Crippen LogP contribution in [0.25, 0.3) is 0 Å². The Labute approximate surface area is 219 Å². The first-order valence-electron chi connectivity index (χ1n) is 11.6. The fourth-order valence-corrected chi connectivity index (χ4v) is 5.91. The van der Waals surface area contributed by atoms with E-state index < -0.39 is 32.2 Å². The van der Waals surface area contributed by atoms with E-state index in [4.69, 9.17) is 0 Å². The van der Waals surface area contributed by atoms with Gasteiger partial charge in [0.05, 0.1) is 16.8 Å². The van der Waals surface area contributed by atoms with Gasteiger partial charge in [0.25, 0.3) is 0 Å². The highest BCUT2D eigenvalue weighted by Crippen LogP contribution is 2.37. The number of hydrogen-bond donors (Lipinski definition) is 2. The lowest BCUT2D eigenvalue weighted by molar-refractivity contribution is -0.274. The maximum Gasteiger partial charge on any atom is 0.573 e. The summed E-state index contributed by atoms with van der Waals surface area (Å²) >= 11 is 0. The summed E-state index contributed by atoms with van der Waals surface area (Å²) < 4.78 is 94.7. The van der Waals surface area contributed by atoms with Crippen LogP contribution < -0.4 is 19.1 Å². The van der Waals surface area contributed by atoms with E-state index in [1.54, 1.807) is 12.1 Å². The van der Waals surface area contributed by atoms with Crippen molar-refractivity contribution >= 4 is 37.1 Å². The van der Waals surface area contributed by atoms with Crippen LogP contribution in [0.2, 0.25) is 0 Å². The molecule has 0 saturated heterocycles. The first kappa shape index (κ1) is 27.7. The minimum absolute atomic E-state index is 0.0679. The summed E-state index contributed by atoms with van der Waals surface area (Å²) in [6.45, 7) is 0.492. The van der Waals surface area contributed by atoms with Gasteiger partial charge in [-0.2, -0.15) is 0 Å². The molecule has 8 nitrogen and oxygen atoms in total. The summed E-state index contributed by atoms with van der Waals surface area (Å²) in [7, 11) is -7.44. The molecule has 1 heterocycles. The fraction of sp³-hybridized carbons (Fsp3) is 0.280. The number of hydrogen-bond acceptors (Lipinski definition) is 6. The summed E-state index contributed by atoms with van der Waals surface area (Å²) in [6, 6.07) is 17.2. The molecule has 204 valence electrons.